The Hall–Kier alpha value is -0.0100. The highest BCUT2D eigenvalue weighted by atomic mass is 127. The van der Waals surface area contributed by atoms with Crippen LogP contribution >= 0.6 is 32.9 Å². The highest BCUT2D eigenvalue weighted by molar-refractivity contribution is 14.1. The third kappa shape index (κ3) is 7.73. The molecule has 2 aliphatic carbocycles. The van der Waals surface area contributed by atoms with Gasteiger partial charge in [0.15, 0.2) is 0 Å². The minimum atomic E-state index is -5.61. The van der Waals surface area contributed by atoms with Gasteiger partial charge < -0.3 is 4.74 Å². The zero-order valence-corrected chi connectivity index (χ0v) is 23.2. The first-order chi connectivity index (χ1) is 15.6. The molecule has 2 aliphatic rings. The Labute approximate surface area is 212 Å². The van der Waals surface area contributed by atoms with E-state index >= 15 is 0 Å². The van der Waals surface area contributed by atoms with Crippen molar-refractivity contribution in [2.24, 2.45) is 0 Å². The summed E-state index contributed by atoms with van der Waals surface area (Å²) >= 11 is 2.31. The van der Waals surface area contributed by atoms with E-state index in [4.69, 9.17) is 3.63 Å². The molecule has 0 aromatic rings. The molecule has 0 heterocycles. The molecule has 0 bridgehead atoms. The van der Waals surface area contributed by atoms with Gasteiger partial charge >= 0.3 is 21.3 Å². The molecular weight excluding hydrogens is 589 g/mol. The van der Waals surface area contributed by atoms with E-state index in [0.717, 1.165) is 55.8 Å². The normalized spacial score (nSPS) is 23.3. The van der Waals surface area contributed by atoms with E-state index < -0.39 is 36.9 Å². The lowest BCUT2D eigenvalue weighted by molar-refractivity contribution is -0.161. The first-order valence-electron chi connectivity index (χ1n) is 11.9. The molecule has 0 amide bonds. The van der Waals surface area contributed by atoms with Crippen LogP contribution in [-0.4, -0.2) is 53.2 Å². The van der Waals surface area contributed by atoms with Gasteiger partial charge in [-0.15, -0.1) is 10.3 Å². The average Bonchev–Trinajstić information content (AvgIpc) is 3.31. The van der Waals surface area contributed by atoms with E-state index in [1.54, 1.807) is 0 Å². The Morgan fingerprint density at radius 3 is 2.18 bits per heavy atom. The van der Waals surface area contributed by atoms with E-state index in [0.29, 0.717) is 38.5 Å². The standard InChI is InChI=1S/C22H37F2IO6S2/c1-32(18-12-6-7-13-18,20-15-9-8-14-19(20)26)31-33(28,29)22(23,24)21(27)30-17-11-5-3-2-4-10-16-25/h18,20H,2-17H2,1H3. The molecule has 0 aliphatic heterocycles. The highest BCUT2D eigenvalue weighted by Gasteiger charge is 2.59. The van der Waals surface area contributed by atoms with Crippen molar-refractivity contribution in [2.75, 3.05) is 17.3 Å². The van der Waals surface area contributed by atoms with Crippen LogP contribution in [0.5, 0.6) is 0 Å². The Balaban J connectivity index is 2.02. The molecule has 11 heteroatoms. The van der Waals surface area contributed by atoms with Gasteiger partial charge in [-0.05, 0) is 49.2 Å². The summed E-state index contributed by atoms with van der Waals surface area (Å²) in [5, 5.41) is -5.75. The number of esters is 1. The molecule has 2 rings (SSSR count). The maximum Gasteiger partial charge on any atom is 0.466 e. The van der Waals surface area contributed by atoms with Gasteiger partial charge in [-0.2, -0.15) is 17.2 Å². The van der Waals surface area contributed by atoms with Crippen LogP contribution in [0.3, 0.4) is 0 Å². The van der Waals surface area contributed by atoms with Crippen LogP contribution in [0, 0.1) is 0 Å². The maximum absolute atomic E-state index is 14.7. The summed E-state index contributed by atoms with van der Waals surface area (Å²) in [5.41, 5.74) is 0. The van der Waals surface area contributed by atoms with Gasteiger partial charge in [0.1, 0.15) is 5.78 Å². The molecule has 0 spiro atoms. The van der Waals surface area contributed by atoms with Gasteiger partial charge in [-0.1, -0.05) is 67.5 Å². The number of carbonyl (C=O) groups excluding carboxylic acids is 2. The van der Waals surface area contributed by atoms with Crippen molar-refractivity contribution < 1.29 is 35.2 Å². The minimum absolute atomic E-state index is 0.120. The summed E-state index contributed by atoms with van der Waals surface area (Å²) in [6.45, 7) is -0.260. The fraction of sp³-hybridized carbons (Fsp3) is 0.909. The second kappa shape index (κ2) is 13.3. The van der Waals surface area contributed by atoms with Crippen molar-refractivity contribution >= 4 is 54.8 Å². The average molecular weight is 627 g/mol. The molecule has 2 unspecified atom stereocenters. The molecule has 2 atom stereocenters. The first kappa shape index (κ1) is 29.2. The van der Waals surface area contributed by atoms with E-state index in [1.807, 2.05) is 0 Å². The number of Topliss-reactive ketones (excluding diaryl/α,β-unsaturated/α-hetero) is 1. The number of ketones is 1. The molecule has 2 saturated carbocycles. The zero-order valence-electron chi connectivity index (χ0n) is 19.4. The van der Waals surface area contributed by atoms with Crippen molar-refractivity contribution in [3.05, 3.63) is 0 Å². The number of hydrogen-bond acceptors (Lipinski definition) is 6. The van der Waals surface area contributed by atoms with Gasteiger partial charge in [0, 0.05) is 11.7 Å². The fourth-order valence-electron chi connectivity index (χ4n) is 4.63. The molecule has 0 aromatic heterocycles. The molecule has 0 aromatic carbocycles. The second-order valence-electron chi connectivity index (χ2n) is 9.06. The monoisotopic (exact) mass is 626 g/mol. The predicted octanol–water partition coefficient (Wildman–Crippen LogP) is 6.05. The van der Waals surface area contributed by atoms with Gasteiger partial charge in [-0.25, -0.2) is 8.42 Å². The third-order valence-electron chi connectivity index (χ3n) is 6.58. The molecule has 2 fully saturated rings. The van der Waals surface area contributed by atoms with E-state index in [1.165, 1.54) is 6.26 Å². The van der Waals surface area contributed by atoms with Gasteiger partial charge in [0.05, 0.1) is 11.9 Å². The van der Waals surface area contributed by atoms with Crippen LogP contribution in [-0.2, 0) is 28.1 Å². The zero-order chi connectivity index (χ0) is 24.5. The topological polar surface area (TPSA) is 86.7 Å². The largest absolute Gasteiger partial charge is 0.466 e. The van der Waals surface area contributed by atoms with Crippen LogP contribution in [0.2, 0.25) is 0 Å². The van der Waals surface area contributed by atoms with Crippen LogP contribution in [0.1, 0.15) is 89.9 Å². The lowest BCUT2D eigenvalue weighted by atomic mass is 9.99. The molecule has 0 saturated heterocycles. The number of unbranched alkanes of at least 4 members (excludes halogenated alkanes) is 5. The maximum atomic E-state index is 14.7. The van der Waals surface area contributed by atoms with Crippen molar-refractivity contribution in [1.82, 2.24) is 0 Å². The highest BCUT2D eigenvalue weighted by Crippen LogP contribution is 2.63. The lowest BCUT2D eigenvalue weighted by Gasteiger charge is -2.46. The first-order valence-corrected chi connectivity index (χ1v) is 16.9. The van der Waals surface area contributed by atoms with E-state index in [9.17, 15) is 26.8 Å². The predicted molar refractivity (Wildman–Crippen MR) is 136 cm³/mol. The Morgan fingerprint density at radius 1 is 1.00 bits per heavy atom. The summed E-state index contributed by atoms with van der Waals surface area (Å²) in [7, 11) is -8.32. The molecule has 0 N–H and O–H groups in total. The van der Waals surface area contributed by atoms with Crippen molar-refractivity contribution in [3.63, 3.8) is 0 Å². The Morgan fingerprint density at radius 2 is 1.58 bits per heavy atom. The van der Waals surface area contributed by atoms with Crippen LogP contribution in [0.25, 0.3) is 0 Å². The van der Waals surface area contributed by atoms with Crippen LogP contribution in [0.15, 0.2) is 0 Å². The van der Waals surface area contributed by atoms with Crippen molar-refractivity contribution in [1.29, 1.82) is 0 Å². The van der Waals surface area contributed by atoms with Gasteiger partial charge in [-0.3, -0.25) is 4.79 Å². The van der Waals surface area contributed by atoms with Crippen molar-refractivity contribution in [3.8, 4) is 0 Å². The Bertz CT molecular complexity index is 758. The number of hydrogen-bond donors (Lipinski definition) is 0. The van der Waals surface area contributed by atoms with Gasteiger partial charge in [0.2, 0.25) is 0 Å². The van der Waals surface area contributed by atoms with Crippen molar-refractivity contribution in [2.45, 2.75) is 106 Å². The summed E-state index contributed by atoms with van der Waals surface area (Å²) in [4.78, 5) is 24.7. The summed E-state index contributed by atoms with van der Waals surface area (Å²) in [6.07, 6.45) is 12.0. The van der Waals surface area contributed by atoms with E-state index in [-0.39, 0.29) is 17.6 Å². The molecule has 0 radical (unpaired) electrons. The SMILES string of the molecule is CS(OS(=O)(=O)C(F)(F)C(=O)OCCCCCCCCI)(C1CCCC1)C1CCCCC1=O. The van der Waals surface area contributed by atoms with Crippen LogP contribution in [0.4, 0.5) is 8.78 Å². The van der Waals surface area contributed by atoms with E-state index in [2.05, 4.69) is 27.3 Å². The smallest absolute Gasteiger partial charge is 0.460 e. The third-order valence-corrected chi connectivity index (χ3v) is 13.4. The number of halogens is 3. The minimum Gasteiger partial charge on any atom is -0.460 e. The lowest BCUT2D eigenvalue weighted by Crippen LogP contribution is -2.44. The quantitative estimate of drug-likeness (QED) is 0.101. The second-order valence-corrected chi connectivity index (χ2v) is 15.3. The number of ether oxygens (including phenoxy) is 1. The molecule has 6 nitrogen and oxygen atoms in total. The summed E-state index contributed by atoms with van der Waals surface area (Å²) < 4.78 is 65.8. The summed E-state index contributed by atoms with van der Waals surface area (Å²) in [6, 6.07) is 0. The molecule has 33 heavy (non-hydrogen) atoms. The molecule has 194 valence electrons. The van der Waals surface area contributed by atoms with Crippen LogP contribution < -0.4 is 0 Å². The fourth-order valence-corrected chi connectivity index (χ4v) is 11.1. The molecular formula is C22H37F2IO6S2. The number of rotatable bonds is 14. The van der Waals surface area contributed by atoms with Gasteiger partial charge in [0.25, 0.3) is 0 Å². The summed E-state index contributed by atoms with van der Waals surface area (Å²) in [5.74, 6) is -2.22. The number of carbonyl (C=O) groups is 2. The number of alkyl halides is 3. The Kier molecular flexibility index (Phi) is 11.8.